The molecular formula is C19H13N7OS. The van der Waals surface area contributed by atoms with E-state index in [9.17, 15) is 10.4 Å². The Kier molecular flexibility index (Phi) is 3.77. The molecule has 28 heavy (non-hydrogen) atoms. The minimum absolute atomic E-state index is 0.0628. The number of thioether (sulfide) groups is 1. The highest BCUT2D eigenvalue weighted by molar-refractivity contribution is 7.99. The van der Waals surface area contributed by atoms with E-state index in [4.69, 9.17) is 0 Å². The number of imidazole rings is 2. The lowest BCUT2D eigenvalue weighted by Gasteiger charge is -2.02. The van der Waals surface area contributed by atoms with Crippen LogP contribution in [0.5, 0.6) is 0 Å². The highest BCUT2D eigenvalue weighted by atomic mass is 32.2. The first-order valence-electron chi connectivity index (χ1n) is 8.46. The molecule has 0 saturated carbocycles. The number of nitriles is 1. The molecular weight excluding hydrogens is 374 g/mol. The van der Waals surface area contributed by atoms with Crippen LogP contribution in [0.3, 0.4) is 0 Å². The maximum Gasteiger partial charge on any atom is 0.231 e. The lowest BCUT2D eigenvalue weighted by molar-refractivity contribution is 0.420. The smallest absolute Gasteiger partial charge is 0.231 e. The van der Waals surface area contributed by atoms with Crippen molar-refractivity contribution in [3.05, 3.63) is 60.1 Å². The minimum Gasteiger partial charge on any atom is -0.510 e. The second-order valence-electron chi connectivity index (χ2n) is 6.09. The van der Waals surface area contributed by atoms with Crippen molar-refractivity contribution < 1.29 is 5.11 Å². The average molecular weight is 387 g/mol. The third-order valence-corrected chi connectivity index (χ3v) is 5.32. The largest absolute Gasteiger partial charge is 0.510 e. The van der Waals surface area contributed by atoms with E-state index in [0.29, 0.717) is 16.8 Å². The van der Waals surface area contributed by atoms with Gasteiger partial charge in [0.05, 0.1) is 27.8 Å². The van der Waals surface area contributed by atoms with Crippen molar-refractivity contribution in [2.75, 3.05) is 5.75 Å². The summed E-state index contributed by atoms with van der Waals surface area (Å²) in [6, 6.07) is 17.3. The highest BCUT2D eigenvalue weighted by Gasteiger charge is 2.16. The van der Waals surface area contributed by atoms with Gasteiger partial charge in [-0.05, 0) is 24.3 Å². The van der Waals surface area contributed by atoms with Crippen molar-refractivity contribution >= 4 is 45.2 Å². The number of nitrogens with one attached hydrogen (secondary N) is 2. The Morgan fingerprint density at radius 3 is 2.71 bits per heavy atom. The predicted molar refractivity (Wildman–Crippen MR) is 107 cm³/mol. The fourth-order valence-electron chi connectivity index (χ4n) is 3.07. The molecule has 0 atom stereocenters. The molecule has 0 aliphatic heterocycles. The molecule has 2 aromatic carbocycles. The third-order valence-electron chi connectivity index (χ3n) is 4.37. The van der Waals surface area contributed by atoms with Gasteiger partial charge >= 0.3 is 0 Å². The minimum atomic E-state index is -0.0628. The van der Waals surface area contributed by atoms with E-state index in [1.54, 1.807) is 0 Å². The number of allylic oxidation sites excluding steroid dienone is 1. The standard InChI is InChI=1S/C19H13N7OS/c20-9-11(17-21-12-5-1-2-6-13(12)22-17)16(27)10-28-19-25-24-18-23-14-7-3-4-8-15(14)26(18)19/h1-8,27H,10H2,(H,21,22)(H,23,24)/b16-11-. The summed E-state index contributed by atoms with van der Waals surface area (Å²) in [5.74, 6) is 1.09. The van der Waals surface area contributed by atoms with Crippen molar-refractivity contribution in [1.29, 1.82) is 5.26 Å². The first kappa shape index (κ1) is 16.4. The number of para-hydroxylation sites is 4. The topological polar surface area (TPSA) is 119 Å². The van der Waals surface area contributed by atoms with Gasteiger partial charge < -0.3 is 10.1 Å². The number of aliphatic hydroxyl groups is 1. The zero-order chi connectivity index (χ0) is 19.1. The molecule has 0 fully saturated rings. The van der Waals surface area contributed by atoms with Crippen molar-refractivity contribution in [2.45, 2.75) is 5.16 Å². The molecule has 0 saturated heterocycles. The number of nitrogens with zero attached hydrogens (tertiary/aromatic N) is 5. The van der Waals surface area contributed by atoms with E-state index in [1.165, 1.54) is 11.8 Å². The van der Waals surface area contributed by atoms with Crippen LogP contribution in [0, 0.1) is 11.3 Å². The second-order valence-corrected chi connectivity index (χ2v) is 7.03. The van der Waals surface area contributed by atoms with Crippen molar-refractivity contribution in [1.82, 2.24) is 29.5 Å². The number of benzene rings is 2. The van der Waals surface area contributed by atoms with E-state index >= 15 is 0 Å². The fourth-order valence-corrected chi connectivity index (χ4v) is 3.90. The van der Waals surface area contributed by atoms with Crippen molar-refractivity contribution in [3.8, 4) is 6.07 Å². The summed E-state index contributed by atoms with van der Waals surface area (Å²) in [4.78, 5) is 11.9. The average Bonchev–Trinajstić information content (AvgIpc) is 3.40. The fraction of sp³-hybridized carbons (Fsp3) is 0.0526. The van der Waals surface area contributed by atoms with Gasteiger partial charge in [-0.25, -0.2) is 15.1 Å². The maximum atomic E-state index is 10.5. The van der Waals surface area contributed by atoms with Gasteiger partial charge in [-0.1, -0.05) is 36.0 Å². The first-order valence-corrected chi connectivity index (χ1v) is 9.45. The van der Waals surface area contributed by atoms with Crippen LogP contribution in [0.15, 0.2) is 59.4 Å². The van der Waals surface area contributed by atoms with E-state index < -0.39 is 0 Å². The molecule has 0 amide bonds. The number of rotatable bonds is 4. The lowest BCUT2D eigenvalue weighted by Crippen LogP contribution is -1.96. The Bertz CT molecular complexity index is 1370. The normalized spacial score (nSPS) is 12.5. The van der Waals surface area contributed by atoms with Gasteiger partial charge in [0.25, 0.3) is 0 Å². The molecule has 8 nitrogen and oxygen atoms in total. The van der Waals surface area contributed by atoms with Gasteiger partial charge in [-0.2, -0.15) is 5.26 Å². The van der Waals surface area contributed by atoms with Crippen LogP contribution < -0.4 is 0 Å². The molecule has 3 heterocycles. The lowest BCUT2D eigenvalue weighted by atomic mass is 10.2. The summed E-state index contributed by atoms with van der Waals surface area (Å²) in [6.45, 7) is 0. The van der Waals surface area contributed by atoms with Crippen molar-refractivity contribution in [2.24, 2.45) is 0 Å². The van der Waals surface area contributed by atoms with Gasteiger partial charge in [0.1, 0.15) is 17.4 Å². The Balaban J connectivity index is 1.48. The zero-order valence-electron chi connectivity index (χ0n) is 14.4. The number of H-pyrrole nitrogens is 2. The molecule has 9 heteroatoms. The Morgan fingerprint density at radius 1 is 1.11 bits per heavy atom. The third kappa shape index (κ3) is 2.59. The number of aromatic nitrogens is 6. The summed E-state index contributed by atoms with van der Waals surface area (Å²) in [6.07, 6.45) is 0. The van der Waals surface area contributed by atoms with Gasteiger partial charge in [0.2, 0.25) is 5.78 Å². The summed E-state index contributed by atoms with van der Waals surface area (Å²) in [7, 11) is 0. The van der Waals surface area contributed by atoms with Gasteiger partial charge in [0, 0.05) is 0 Å². The van der Waals surface area contributed by atoms with E-state index in [2.05, 4.69) is 25.1 Å². The molecule has 5 aromatic rings. The maximum absolute atomic E-state index is 10.5. The summed E-state index contributed by atoms with van der Waals surface area (Å²) in [5, 5.41) is 27.9. The quantitative estimate of drug-likeness (QED) is 0.246. The zero-order valence-corrected chi connectivity index (χ0v) is 15.2. The second kappa shape index (κ2) is 6.44. The number of aliphatic hydroxyl groups excluding tert-OH is 1. The Morgan fingerprint density at radius 2 is 1.89 bits per heavy atom. The van der Waals surface area contributed by atoms with E-state index in [1.807, 2.05) is 59.0 Å². The summed E-state index contributed by atoms with van der Waals surface area (Å²) in [5.41, 5.74) is 3.45. The Hall–Kier alpha value is -3.77. The first-order chi connectivity index (χ1) is 13.7. The molecule has 5 rings (SSSR count). The predicted octanol–water partition coefficient (Wildman–Crippen LogP) is 3.67. The van der Waals surface area contributed by atoms with Gasteiger partial charge in [0.15, 0.2) is 11.0 Å². The van der Waals surface area contributed by atoms with Crippen LogP contribution in [0.4, 0.5) is 0 Å². The molecule has 0 spiro atoms. The van der Waals surface area contributed by atoms with E-state index in [0.717, 1.165) is 22.1 Å². The number of hydrogen-bond acceptors (Lipinski definition) is 6. The van der Waals surface area contributed by atoms with Gasteiger partial charge in [-0.15, -0.1) is 5.10 Å². The molecule has 0 aliphatic rings. The molecule has 0 bridgehead atoms. The summed E-state index contributed by atoms with van der Waals surface area (Å²) >= 11 is 1.31. The van der Waals surface area contributed by atoms with Crippen LogP contribution in [-0.4, -0.2) is 40.4 Å². The van der Waals surface area contributed by atoms with Crippen LogP contribution in [-0.2, 0) is 0 Å². The summed E-state index contributed by atoms with van der Waals surface area (Å²) < 4.78 is 1.89. The molecule has 0 radical (unpaired) electrons. The molecule has 136 valence electrons. The van der Waals surface area contributed by atoms with E-state index in [-0.39, 0.29) is 17.1 Å². The van der Waals surface area contributed by atoms with Gasteiger partial charge in [-0.3, -0.25) is 4.40 Å². The van der Waals surface area contributed by atoms with Crippen LogP contribution in [0.1, 0.15) is 5.82 Å². The van der Waals surface area contributed by atoms with Crippen LogP contribution in [0.2, 0.25) is 0 Å². The molecule has 3 N–H and O–H groups in total. The number of fused-ring (bicyclic) bond motifs is 4. The number of hydrogen-bond donors (Lipinski definition) is 3. The molecule has 0 unspecified atom stereocenters. The van der Waals surface area contributed by atoms with Crippen LogP contribution >= 0.6 is 11.8 Å². The molecule has 0 aliphatic carbocycles. The SMILES string of the molecule is N#C/C(=C(/O)CSc1n[nH]c2nc3ccccc3n12)c1nc2ccccc2[nH]1. The molecule has 3 aromatic heterocycles. The highest BCUT2D eigenvalue weighted by Crippen LogP contribution is 2.26. The van der Waals surface area contributed by atoms with Crippen LogP contribution in [0.25, 0.3) is 33.4 Å². The van der Waals surface area contributed by atoms with Crippen molar-refractivity contribution in [3.63, 3.8) is 0 Å². The number of aromatic amines is 2. The monoisotopic (exact) mass is 387 g/mol. The Labute approximate surface area is 162 Å².